The van der Waals surface area contributed by atoms with Crippen LogP contribution >= 0.6 is 0 Å². The van der Waals surface area contributed by atoms with Crippen LogP contribution in [0.5, 0.6) is 11.6 Å². The third-order valence-corrected chi connectivity index (χ3v) is 3.30. The predicted molar refractivity (Wildman–Crippen MR) is 91.9 cm³/mol. The van der Waals surface area contributed by atoms with Gasteiger partial charge in [-0.2, -0.15) is 13.2 Å². The number of anilines is 1. The number of ether oxygens (including phenoxy) is 2. The first kappa shape index (κ1) is 20.3. The number of rotatable bonds is 8. The molecule has 0 atom stereocenters. The molecule has 2 N–H and O–H groups in total. The van der Waals surface area contributed by atoms with E-state index < -0.39 is 12.8 Å². The van der Waals surface area contributed by atoms with Gasteiger partial charge in [-0.05, 0) is 30.7 Å². The zero-order valence-electron chi connectivity index (χ0n) is 14.8. The summed E-state index contributed by atoms with van der Waals surface area (Å²) in [5, 5.41) is 5.71. The van der Waals surface area contributed by atoms with Crippen LogP contribution in [0.15, 0.2) is 30.6 Å². The van der Waals surface area contributed by atoms with Gasteiger partial charge in [-0.3, -0.25) is 4.79 Å². The highest BCUT2D eigenvalue weighted by Gasteiger charge is 2.29. The summed E-state index contributed by atoms with van der Waals surface area (Å²) in [6.07, 6.45) is -1.65. The number of halogens is 3. The molecular weight excluding hydrogens is 365 g/mol. The highest BCUT2D eigenvalue weighted by atomic mass is 19.4. The second kappa shape index (κ2) is 9.06. The van der Waals surface area contributed by atoms with Crippen molar-refractivity contribution in [2.24, 2.45) is 0 Å². The van der Waals surface area contributed by atoms with Crippen molar-refractivity contribution in [2.75, 3.05) is 25.6 Å². The van der Waals surface area contributed by atoms with E-state index in [9.17, 15) is 18.0 Å². The van der Waals surface area contributed by atoms with Crippen LogP contribution in [-0.4, -0.2) is 42.3 Å². The molecule has 0 fully saturated rings. The molecule has 0 unspecified atom stereocenters. The molecule has 0 saturated carbocycles. The average Bonchev–Trinajstić information content (AvgIpc) is 2.64. The van der Waals surface area contributed by atoms with Crippen LogP contribution in [0.1, 0.15) is 22.8 Å². The maximum Gasteiger partial charge on any atom is 0.422 e. The molecule has 2 rings (SSSR count). The van der Waals surface area contributed by atoms with E-state index in [1.54, 1.807) is 12.1 Å². The summed E-state index contributed by atoms with van der Waals surface area (Å²) >= 11 is 0. The standard InChI is InChI=1S/C17H19F3N4O3/c1-3-21-14-7-12(4-5-22-14)15(25)23-8-11-6-13(26-2)16(24-9-11)27-10-17(18,19)20/h4-7,9H,3,8,10H2,1-2H3,(H,21,22)(H,23,25). The number of hydrogen-bond acceptors (Lipinski definition) is 6. The molecule has 2 heterocycles. The summed E-state index contributed by atoms with van der Waals surface area (Å²) in [6, 6.07) is 4.64. The zero-order valence-corrected chi connectivity index (χ0v) is 14.8. The number of amides is 1. The summed E-state index contributed by atoms with van der Waals surface area (Å²) in [7, 11) is 1.29. The Hall–Kier alpha value is -3.04. The van der Waals surface area contributed by atoms with E-state index in [0.717, 1.165) is 0 Å². The first-order chi connectivity index (χ1) is 12.8. The molecule has 146 valence electrons. The molecule has 2 aromatic heterocycles. The van der Waals surface area contributed by atoms with Gasteiger partial charge < -0.3 is 20.1 Å². The lowest BCUT2D eigenvalue weighted by Crippen LogP contribution is -2.23. The first-order valence-electron chi connectivity index (χ1n) is 8.03. The third-order valence-electron chi connectivity index (χ3n) is 3.30. The predicted octanol–water partition coefficient (Wildman–Crippen LogP) is 2.79. The number of nitrogens with one attached hydrogen (secondary N) is 2. The fraction of sp³-hybridized carbons (Fsp3) is 0.353. The Balaban J connectivity index is 2.01. The van der Waals surface area contributed by atoms with Crippen LogP contribution in [0, 0.1) is 0 Å². The number of nitrogens with zero attached hydrogens (tertiary/aromatic N) is 2. The minimum Gasteiger partial charge on any atom is -0.491 e. The summed E-state index contributed by atoms with van der Waals surface area (Å²) in [5.74, 6) is 0.0335. The summed E-state index contributed by atoms with van der Waals surface area (Å²) in [5.41, 5.74) is 0.964. The van der Waals surface area contributed by atoms with Crippen LogP contribution < -0.4 is 20.1 Å². The Morgan fingerprint density at radius 1 is 1.26 bits per heavy atom. The van der Waals surface area contributed by atoms with Crippen LogP contribution in [0.4, 0.5) is 19.0 Å². The van der Waals surface area contributed by atoms with Gasteiger partial charge in [-0.15, -0.1) is 0 Å². The number of pyridine rings is 2. The molecule has 0 spiro atoms. The maximum atomic E-state index is 12.3. The topological polar surface area (TPSA) is 85.4 Å². The van der Waals surface area contributed by atoms with E-state index in [4.69, 9.17) is 4.74 Å². The number of aromatic nitrogens is 2. The smallest absolute Gasteiger partial charge is 0.422 e. The first-order valence-corrected chi connectivity index (χ1v) is 8.03. The molecule has 0 aliphatic heterocycles. The molecule has 2 aromatic rings. The lowest BCUT2D eigenvalue weighted by molar-refractivity contribution is -0.154. The minimum atomic E-state index is -4.48. The van der Waals surface area contributed by atoms with E-state index in [1.807, 2.05) is 6.92 Å². The van der Waals surface area contributed by atoms with E-state index in [2.05, 4.69) is 25.3 Å². The van der Waals surface area contributed by atoms with Crippen molar-refractivity contribution in [3.8, 4) is 11.6 Å². The van der Waals surface area contributed by atoms with Gasteiger partial charge in [0.15, 0.2) is 12.4 Å². The molecule has 7 nitrogen and oxygen atoms in total. The lowest BCUT2D eigenvalue weighted by atomic mass is 10.2. The van der Waals surface area contributed by atoms with E-state index in [1.165, 1.54) is 25.6 Å². The van der Waals surface area contributed by atoms with Gasteiger partial charge in [-0.1, -0.05) is 0 Å². The average molecular weight is 384 g/mol. The molecule has 0 aromatic carbocycles. The number of methoxy groups -OCH3 is 1. The van der Waals surface area contributed by atoms with Crippen molar-refractivity contribution in [2.45, 2.75) is 19.6 Å². The van der Waals surface area contributed by atoms with Gasteiger partial charge in [0.2, 0.25) is 0 Å². The lowest BCUT2D eigenvalue weighted by Gasteiger charge is -2.13. The molecule has 0 aliphatic rings. The quantitative estimate of drug-likeness (QED) is 0.728. The van der Waals surface area contributed by atoms with Crippen molar-refractivity contribution in [3.05, 3.63) is 41.7 Å². The van der Waals surface area contributed by atoms with Crippen LogP contribution in [-0.2, 0) is 6.54 Å². The number of hydrogen-bond donors (Lipinski definition) is 2. The summed E-state index contributed by atoms with van der Waals surface area (Å²) < 4.78 is 46.4. The second-order valence-corrected chi connectivity index (χ2v) is 5.40. The van der Waals surface area contributed by atoms with Gasteiger partial charge >= 0.3 is 6.18 Å². The third kappa shape index (κ3) is 6.32. The van der Waals surface area contributed by atoms with Crippen molar-refractivity contribution < 1.29 is 27.4 Å². The van der Waals surface area contributed by atoms with Crippen molar-refractivity contribution >= 4 is 11.7 Å². The summed E-state index contributed by atoms with van der Waals surface area (Å²) in [6.45, 7) is 1.23. The molecule has 0 radical (unpaired) electrons. The molecule has 10 heteroatoms. The maximum absolute atomic E-state index is 12.3. The van der Waals surface area contributed by atoms with Gasteiger partial charge in [0, 0.05) is 31.0 Å². The van der Waals surface area contributed by atoms with Crippen LogP contribution in [0.3, 0.4) is 0 Å². The Morgan fingerprint density at radius 2 is 2.04 bits per heavy atom. The molecule has 0 aliphatic carbocycles. The van der Waals surface area contributed by atoms with Crippen LogP contribution in [0.2, 0.25) is 0 Å². The van der Waals surface area contributed by atoms with Crippen molar-refractivity contribution in [3.63, 3.8) is 0 Å². The van der Waals surface area contributed by atoms with E-state index in [-0.39, 0.29) is 24.1 Å². The monoisotopic (exact) mass is 384 g/mol. The highest BCUT2D eigenvalue weighted by molar-refractivity contribution is 5.94. The second-order valence-electron chi connectivity index (χ2n) is 5.40. The SMILES string of the molecule is CCNc1cc(C(=O)NCc2cnc(OCC(F)(F)F)c(OC)c2)ccn1. The van der Waals surface area contributed by atoms with Gasteiger partial charge in [-0.25, -0.2) is 9.97 Å². The van der Waals surface area contributed by atoms with Crippen molar-refractivity contribution in [1.82, 2.24) is 15.3 Å². The highest BCUT2D eigenvalue weighted by Crippen LogP contribution is 2.27. The number of carbonyl (C=O) groups excluding carboxylic acids is 1. The molecule has 27 heavy (non-hydrogen) atoms. The molecule has 0 bridgehead atoms. The Labute approximate surface area is 153 Å². The van der Waals surface area contributed by atoms with E-state index >= 15 is 0 Å². The Kier molecular flexibility index (Phi) is 6.80. The normalized spacial score (nSPS) is 11.0. The number of carbonyl (C=O) groups is 1. The Morgan fingerprint density at radius 3 is 2.70 bits per heavy atom. The van der Waals surface area contributed by atoms with Gasteiger partial charge in [0.25, 0.3) is 11.8 Å². The fourth-order valence-electron chi connectivity index (χ4n) is 2.11. The zero-order chi connectivity index (χ0) is 19.9. The van der Waals surface area contributed by atoms with Crippen LogP contribution in [0.25, 0.3) is 0 Å². The number of alkyl halides is 3. The molecule has 0 saturated heterocycles. The van der Waals surface area contributed by atoms with Gasteiger partial charge in [0.05, 0.1) is 7.11 Å². The Bertz CT molecular complexity index is 784. The van der Waals surface area contributed by atoms with Crippen molar-refractivity contribution in [1.29, 1.82) is 0 Å². The van der Waals surface area contributed by atoms with Gasteiger partial charge in [0.1, 0.15) is 5.82 Å². The fourth-order valence-corrected chi connectivity index (χ4v) is 2.11. The largest absolute Gasteiger partial charge is 0.491 e. The molecular formula is C17H19F3N4O3. The summed E-state index contributed by atoms with van der Waals surface area (Å²) in [4.78, 5) is 20.1. The minimum absolute atomic E-state index is 0.0457. The molecule has 1 amide bonds. The van der Waals surface area contributed by atoms with E-state index in [0.29, 0.717) is 23.5 Å².